The number of hydrogen-bond acceptors (Lipinski definition) is 3. The highest BCUT2D eigenvalue weighted by atomic mass is 32.1. The summed E-state index contributed by atoms with van der Waals surface area (Å²) in [6.07, 6.45) is 7.26. The van der Waals surface area contributed by atoms with Crippen LogP contribution in [0.2, 0.25) is 0 Å². The van der Waals surface area contributed by atoms with Crippen LogP contribution in [0.1, 0.15) is 49.4 Å². The number of nitrogens with zero attached hydrogens (tertiary/aromatic N) is 1. The third kappa shape index (κ3) is 2.46. The summed E-state index contributed by atoms with van der Waals surface area (Å²) in [5, 5.41) is 3.50. The first-order chi connectivity index (χ1) is 9.13. The molecule has 1 aromatic heterocycles. The van der Waals surface area contributed by atoms with Gasteiger partial charge in [0.1, 0.15) is 10.8 Å². The fourth-order valence-corrected chi connectivity index (χ4v) is 3.05. The van der Waals surface area contributed by atoms with E-state index in [2.05, 4.69) is 18.3 Å². The monoisotopic (exact) mass is 275 g/mol. The van der Waals surface area contributed by atoms with Gasteiger partial charge in [-0.2, -0.15) is 0 Å². The van der Waals surface area contributed by atoms with Crippen molar-refractivity contribution in [2.24, 2.45) is 11.1 Å². The van der Waals surface area contributed by atoms with Crippen LogP contribution in [0.3, 0.4) is 0 Å². The second-order valence-corrected chi connectivity index (χ2v) is 6.36. The Morgan fingerprint density at radius 2 is 2.26 bits per heavy atom. The van der Waals surface area contributed by atoms with Gasteiger partial charge in [-0.25, -0.2) is 4.98 Å². The zero-order chi connectivity index (χ0) is 13.5. The van der Waals surface area contributed by atoms with E-state index in [1.807, 2.05) is 0 Å². The number of nitrogens with one attached hydrogen (secondary N) is 1. The highest BCUT2D eigenvalue weighted by molar-refractivity contribution is 7.80. The van der Waals surface area contributed by atoms with E-state index in [1.54, 1.807) is 0 Å². The van der Waals surface area contributed by atoms with Crippen molar-refractivity contribution in [2.45, 2.75) is 45.4 Å². The molecule has 0 bridgehead atoms. The van der Waals surface area contributed by atoms with Crippen LogP contribution >= 0.6 is 12.2 Å². The number of anilines is 1. The lowest BCUT2D eigenvalue weighted by atomic mass is 10.0. The van der Waals surface area contributed by atoms with Crippen LogP contribution in [-0.4, -0.2) is 16.5 Å². The zero-order valence-corrected chi connectivity index (χ0v) is 12.3. The maximum Gasteiger partial charge on any atom is 0.136 e. The maximum absolute atomic E-state index is 5.85. The number of aromatic nitrogens is 1. The van der Waals surface area contributed by atoms with E-state index in [0.29, 0.717) is 10.4 Å². The zero-order valence-electron chi connectivity index (χ0n) is 11.5. The van der Waals surface area contributed by atoms with Crippen molar-refractivity contribution in [3.05, 3.63) is 22.9 Å². The molecule has 0 amide bonds. The summed E-state index contributed by atoms with van der Waals surface area (Å²) in [7, 11) is 0. The lowest BCUT2D eigenvalue weighted by Crippen LogP contribution is -2.20. The largest absolute Gasteiger partial charge is 0.389 e. The molecule has 0 aliphatic heterocycles. The van der Waals surface area contributed by atoms with E-state index in [-0.39, 0.29) is 0 Å². The molecule has 0 unspecified atom stereocenters. The van der Waals surface area contributed by atoms with Crippen molar-refractivity contribution < 1.29 is 0 Å². The SMILES string of the molecule is CCC1(CNc2nc3c(cc2C(N)=S)CCC3)CC1. The van der Waals surface area contributed by atoms with Crippen LogP contribution < -0.4 is 11.1 Å². The van der Waals surface area contributed by atoms with Gasteiger partial charge in [0.25, 0.3) is 0 Å². The predicted octanol–water partition coefficient (Wildman–Crippen LogP) is 2.81. The van der Waals surface area contributed by atoms with Crippen molar-refractivity contribution >= 4 is 23.0 Å². The van der Waals surface area contributed by atoms with Gasteiger partial charge in [-0.15, -0.1) is 0 Å². The van der Waals surface area contributed by atoms with Gasteiger partial charge in [0.2, 0.25) is 0 Å². The lowest BCUT2D eigenvalue weighted by Gasteiger charge is -2.17. The molecule has 19 heavy (non-hydrogen) atoms. The molecular formula is C15H21N3S. The summed E-state index contributed by atoms with van der Waals surface area (Å²) < 4.78 is 0. The summed E-state index contributed by atoms with van der Waals surface area (Å²) >= 11 is 5.17. The Morgan fingerprint density at radius 3 is 2.89 bits per heavy atom. The van der Waals surface area contributed by atoms with E-state index in [1.165, 1.54) is 36.9 Å². The van der Waals surface area contributed by atoms with Crippen LogP contribution in [0.15, 0.2) is 6.07 Å². The van der Waals surface area contributed by atoms with Gasteiger partial charge < -0.3 is 11.1 Å². The van der Waals surface area contributed by atoms with Gasteiger partial charge >= 0.3 is 0 Å². The third-order valence-corrected chi connectivity index (χ3v) is 4.87. The molecule has 2 aliphatic rings. The molecule has 0 radical (unpaired) electrons. The number of hydrogen-bond donors (Lipinski definition) is 2. The van der Waals surface area contributed by atoms with E-state index < -0.39 is 0 Å². The molecule has 0 spiro atoms. The van der Waals surface area contributed by atoms with Gasteiger partial charge in [-0.1, -0.05) is 19.1 Å². The summed E-state index contributed by atoms with van der Waals surface area (Å²) in [6, 6.07) is 2.14. The van der Waals surface area contributed by atoms with Crippen LogP contribution in [-0.2, 0) is 12.8 Å². The summed E-state index contributed by atoms with van der Waals surface area (Å²) in [4.78, 5) is 5.21. The highest BCUT2D eigenvalue weighted by Crippen LogP contribution is 2.48. The molecule has 2 aliphatic carbocycles. The lowest BCUT2D eigenvalue weighted by molar-refractivity contribution is 0.520. The van der Waals surface area contributed by atoms with Crippen LogP contribution in [0, 0.1) is 5.41 Å². The van der Waals surface area contributed by atoms with Gasteiger partial charge in [-0.05, 0) is 55.6 Å². The van der Waals surface area contributed by atoms with E-state index in [9.17, 15) is 0 Å². The topological polar surface area (TPSA) is 50.9 Å². The smallest absolute Gasteiger partial charge is 0.136 e. The number of fused-ring (bicyclic) bond motifs is 1. The number of aryl methyl sites for hydroxylation is 2. The maximum atomic E-state index is 5.85. The van der Waals surface area contributed by atoms with E-state index in [4.69, 9.17) is 22.9 Å². The minimum atomic E-state index is 0.450. The van der Waals surface area contributed by atoms with Gasteiger partial charge in [0.05, 0.1) is 5.56 Å². The Labute approximate surface area is 120 Å². The minimum Gasteiger partial charge on any atom is -0.389 e. The second kappa shape index (κ2) is 4.75. The van der Waals surface area contributed by atoms with Gasteiger partial charge in [-0.3, -0.25) is 0 Å². The average molecular weight is 275 g/mol. The molecular weight excluding hydrogens is 254 g/mol. The first-order valence-electron chi connectivity index (χ1n) is 7.20. The molecule has 0 saturated heterocycles. The minimum absolute atomic E-state index is 0.450. The summed E-state index contributed by atoms with van der Waals surface area (Å²) in [5.74, 6) is 0.896. The van der Waals surface area contributed by atoms with Crippen LogP contribution in [0.25, 0.3) is 0 Å². The number of nitrogens with two attached hydrogens (primary N) is 1. The molecule has 1 fully saturated rings. The number of rotatable bonds is 5. The van der Waals surface area contributed by atoms with Crippen molar-refractivity contribution in [1.82, 2.24) is 4.98 Å². The molecule has 4 heteroatoms. The first kappa shape index (κ1) is 12.9. The highest BCUT2D eigenvalue weighted by Gasteiger charge is 2.40. The molecule has 0 aromatic carbocycles. The van der Waals surface area contributed by atoms with Crippen LogP contribution in [0.5, 0.6) is 0 Å². The van der Waals surface area contributed by atoms with Crippen LogP contribution in [0.4, 0.5) is 5.82 Å². The molecule has 1 heterocycles. The standard InChI is InChI=1S/C15H21N3S/c1-2-15(6-7-15)9-17-14-11(13(16)19)8-10-4-3-5-12(10)18-14/h8H,2-7,9H2,1H3,(H2,16,19)(H,17,18). The Kier molecular flexibility index (Phi) is 3.21. The predicted molar refractivity (Wildman–Crippen MR) is 82.6 cm³/mol. The molecule has 102 valence electrons. The Balaban J connectivity index is 1.84. The van der Waals surface area contributed by atoms with Crippen molar-refractivity contribution in [1.29, 1.82) is 0 Å². The molecule has 3 N–H and O–H groups in total. The number of thiocarbonyl (C=S) groups is 1. The fourth-order valence-electron chi connectivity index (χ4n) is 2.90. The molecule has 0 atom stereocenters. The summed E-state index contributed by atoms with van der Waals surface area (Å²) in [6.45, 7) is 3.25. The molecule has 3 rings (SSSR count). The van der Waals surface area contributed by atoms with Crippen molar-refractivity contribution in [3.8, 4) is 0 Å². The van der Waals surface area contributed by atoms with Crippen molar-refractivity contribution in [2.75, 3.05) is 11.9 Å². The quantitative estimate of drug-likeness (QED) is 0.811. The first-order valence-corrected chi connectivity index (χ1v) is 7.61. The fraction of sp³-hybridized carbons (Fsp3) is 0.600. The van der Waals surface area contributed by atoms with E-state index in [0.717, 1.165) is 30.8 Å². The van der Waals surface area contributed by atoms with Crippen molar-refractivity contribution in [3.63, 3.8) is 0 Å². The van der Waals surface area contributed by atoms with E-state index >= 15 is 0 Å². The Bertz CT molecular complexity index is 520. The third-order valence-electron chi connectivity index (χ3n) is 4.65. The normalized spacial score (nSPS) is 19.0. The Morgan fingerprint density at radius 1 is 1.47 bits per heavy atom. The number of pyridine rings is 1. The molecule has 3 nitrogen and oxygen atoms in total. The molecule has 1 saturated carbocycles. The second-order valence-electron chi connectivity index (χ2n) is 5.92. The van der Waals surface area contributed by atoms with Gasteiger partial charge in [0.15, 0.2) is 0 Å². The summed E-state index contributed by atoms with van der Waals surface area (Å²) in [5.41, 5.74) is 9.81. The average Bonchev–Trinajstić information content (AvgIpc) is 3.05. The Hall–Kier alpha value is -1.16. The van der Waals surface area contributed by atoms with Gasteiger partial charge in [0, 0.05) is 12.2 Å². The molecule has 1 aromatic rings.